The molecule has 0 aromatic heterocycles. The van der Waals surface area contributed by atoms with Gasteiger partial charge in [-0.05, 0) is 25.8 Å². The normalized spacial score (nSPS) is 11.4. The second kappa shape index (κ2) is 10.5. The van der Waals surface area contributed by atoms with Crippen LogP contribution in [0.2, 0.25) is 0 Å². The van der Waals surface area contributed by atoms with Crippen molar-refractivity contribution >= 4 is 0 Å². The lowest BCUT2D eigenvalue weighted by Crippen LogP contribution is -2.26. The SMILES string of the molecule is C=CCCC/C=C/CN(CC)CCO. The van der Waals surface area contributed by atoms with Gasteiger partial charge in [0.15, 0.2) is 0 Å². The van der Waals surface area contributed by atoms with Crippen molar-refractivity contribution < 1.29 is 5.11 Å². The van der Waals surface area contributed by atoms with E-state index in [2.05, 4.69) is 30.6 Å². The zero-order chi connectivity index (χ0) is 10.6. The Morgan fingerprint density at radius 1 is 1.29 bits per heavy atom. The fourth-order valence-electron chi connectivity index (χ4n) is 1.24. The Hall–Kier alpha value is -0.600. The van der Waals surface area contributed by atoms with Crippen molar-refractivity contribution in [1.82, 2.24) is 4.90 Å². The molecule has 0 spiro atoms. The van der Waals surface area contributed by atoms with Gasteiger partial charge in [0.2, 0.25) is 0 Å². The van der Waals surface area contributed by atoms with Gasteiger partial charge in [-0.1, -0.05) is 25.2 Å². The standard InChI is InChI=1S/C12H23NO/c1-3-5-6-7-8-9-10-13(4-2)11-12-14/h3,8-9,14H,1,4-7,10-12H2,2H3/b9-8+. The molecule has 0 radical (unpaired) electrons. The Morgan fingerprint density at radius 2 is 2.07 bits per heavy atom. The van der Waals surface area contributed by atoms with Gasteiger partial charge in [0.1, 0.15) is 0 Å². The number of likely N-dealkylation sites (N-methyl/N-ethyl adjacent to an activating group) is 1. The molecule has 0 heterocycles. The van der Waals surface area contributed by atoms with E-state index in [4.69, 9.17) is 5.11 Å². The minimum absolute atomic E-state index is 0.248. The van der Waals surface area contributed by atoms with E-state index < -0.39 is 0 Å². The lowest BCUT2D eigenvalue weighted by Gasteiger charge is -2.16. The van der Waals surface area contributed by atoms with Crippen molar-refractivity contribution in [3.8, 4) is 0 Å². The van der Waals surface area contributed by atoms with Gasteiger partial charge in [-0.2, -0.15) is 0 Å². The summed E-state index contributed by atoms with van der Waals surface area (Å²) in [4.78, 5) is 2.21. The molecule has 0 aliphatic carbocycles. The minimum atomic E-state index is 0.248. The highest BCUT2D eigenvalue weighted by Gasteiger charge is 1.96. The zero-order valence-electron chi connectivity index (χ0n) is 9.28. The maximum atomic E-state index is 8.76. The minimum Gasteiger partial charge on any atom is -0.395 e. The van der Waals surface area contributed by atoms with Gasteiger partial charge >= 0.3 is 0 Å². The number of aliphatic hydroxyl groups is 1. The first-order valence-electron chi connectivity index (χ1n) is 5.44. The van der Waals surface area contributed by atoms with Crippen molar-refractivity contribution in [2.75, 3.05) is 26.2 Å². The molecule has 0 aliphatic heterocycles. The first-order valence-corrected chi connectivity index (χ1v) is 5.44. The molecule has 0 fully saturated rings. The van der Waals surface area contributed by atoms with Crippen molar-refractivity contribution in [2.45, 2.75) is 26.2 Å². The second-order valence-corrected chi connectivity index (χ2v) is 3.31. The molecule has 2 heteroatoms. The van der Waals surface area contributed by atoms with Crippen molar-refractivity contribution in [3.63, 3.8) is 0 Å². The highest BCUT2D eigenvalue weighted by atomic mass is 16.3. The van der Waals surface area contributed by atoms with E-state index >= 15 is 0 Å². The lowest BCUT2D eigenvalue weighted by atomic mass is 10.2. The summed E-state index contributed by atoms with van der Waals surface area (Å²) < 4.78 is 0. The number of hydrogen-bond acceptors (Lipinski definition) is 2. The molecule has 0 aromatic carbocycles. The van der Waals surface area contributed by atoms with Gasteiger partial charge < -0.3 is 5.11 Å². The van der Waals surface area contributed by atoms with E-state index in [1.165, 1.54) is 6.42 Å². The van der Waals surface area contributed by atoms with Crippen LogP contribution in [0.25, 0.3) is 0 Å². The van der Waals surface area contributed by atoms with Gasteiger partial charge in [0.05, 0.1) is 6.61 Å². The van der Waals surface area contributed by atoms with Gasteiger partial charge in [0, 0.05) is 13.1 Å². The first kappa shape index (κ1) is 13.4. The van der Waals surface area contributed by atoms with Gasteiger partial charge in [0.25, 0.3) is 0 Å². The van der Waals surface area contributed by atoms with Gasteiger partial charge in [-0.25, -0.2) is 0 Å². The molecule has 2 nitrogen and oxygen atoms in total. The monoisotopic (exact) mass is 197 g/mol. The third-order valence-corrected chi connectivity index (χ3v) is 2.17. The Morgan fingerprint density at radius 3 is 2.64 bits per heavy atom. The summed E-state index contributed by atoms with van der Waals surface area (Å²) >= 11 is 0. The predicted octanol–water partition coefficient (Wildman–Crippen LogP) is 2.21. The summed E-state index contributed by atoms with van der Waals surface area (Å²) in [5.41, 5.74) is 0. The van der Waals surface area contributed by atoms with E-state index in [-0.39, 0.29) is 6.61 Å². The summed E-state index contributed by atoms with van der Waals surface area (Å²) in [5, 5.41) is 8.76. The Labute approximate surface area is 87.9 Å². The van der Waals surface area contributed by atoms with Crippen LogP contribution in [0, 0.1) is 0 Å². The van der Waals surface area contributed by atoms with Crippen LogP contribution < -0.4 is 0 Å². The van der Waals surface area contributed by atoms with Crippen LogP contribution in [0.3, 0.4) is 0 Å². The molecule has 0 saturated carbocycles. The van der Waals surface area contributed by atoms with Crippen molar-refractivity contribution in [1.29, 1.82) is 0 Å². The van der Waals surface area contributed by atoms with Crippen LogP contribution in [0.5, 0.6) is 0 Å². The molecule has 1 N–H and O–H groups in total. The van der Waals surface area contributed by atoms with Gasteiger partial charge in [-0.3, -0.25) is 4.90 Å². The maximum absolute atomic E-state index is 8.76. The van der Waals surface area contributed by atoms with Crippen LogP contribution in [-0.2, 0) is 0 Å². The molecule has 0 rings (SSSR count). The van der Waals surface area contributed by atoms with Crippen LogP contribution in [0.4, 0.5) is 0 Å². The number of nitrogens with zero attached hydrogens (tertiary/aromatic N) is 1. The third kappa shape index (κ3) is 8.02. The van der Waals surface area contributed by atoms with E-state index in [9.17, 15) is 0 Å². The largest absolute Gasteiger partial charge is 0.395 e. The van der Waals surface area contributed by atoms with E-state index in [0.29, 0.717) is 0 Å². The number of hydrogen-bond donors (Lipinski definition) is 1. The number of allylic oxidation sites excluding steroid dienone is 2. The number of rotatable bonds is 9. The highest BCUT2D eigenvalue weighted by molar-refractivity contribution is 4.85. The molecule has 0 aromatic rings. The second-order valence-electron chi connectivity index (χ2n) is 3.31. The Balaban J connectivity index is 3.42. The summed E-state index contributed by atoms with van der Waals surface area (Å²) in [6.07, 6.45) is 9.76. The summed E-state index contributed by atoms with van der Waals surface area (Å²) in [6.45, 7) is 8.76. The third-order valence-electron chi connectivity index (χ3n) is 2.17. The molecule has 82 valence electrons. The summed E-state index contributed by atoms with van der Waals surface area (Å²) in [5.74, 6) is 0. The molecule has 0 saturated heterocycles. The van der Waals surface area contributed by atoms with Crippen molar-refractivity contribution in [2.24, 2.45) is 0 Å². The van der Waals surface area contributed by atoms with E-state index in [0.717, 1.165) is 32.5 Å². The first-order chi connectivity index (χ1) is 6.85. The fraction of sp³-hybridized carbons (Fsp3) is 0.667. The maximum Gasteiger partial charge on any atom is 0.0558 e. The molecule has 14 heavy (non-hydrogen) atoms. The van der Waals surface area contributed by atoms with E-state index in [1.807, 2.05) is 6.08 Å². The molecule has 0 bridgehead atoms. The Kier molecular flexibility index (Phi) is 10.0. The summed E-state index contributed by atoms with van der Waals surface area (Å²) in [6, 6.07) is 0. The van der Waals surface area contributed by atoms with Crippen LogP contribution in [0.1, 0.15) is 26.2 Å². The quantitative estimate of drug-likeness (QED) is 0.452. The number of aliphatic hydroxyl groups excluding tert-OH is 1. The molecule has 0 unspecified atom stereocenters. The lowest BCUT2D eigenvalue weighted by molar-refractivity contribution is 0.214. The van der Waals surface area contributed by atoms with Crippen LogP contribution in [-0.4, -0.2) is 36.2 Å². The topological polar surface area (TPSA) is 23.5 Å². The van der Waals surface area contributed by atoms with Crippen LogP contribution in [0.15, 0.2) is 24.8 Å². The molecular weight excluding hydrogens is 174 g/mol. The van der Waals surface area contributed by atoms with Crippen molar-refractivity contribution in [3.05, 3.63) is 24.8 Å². The summed E-state index contributed by atoms with van der Waals surface area (Å²) in [7, 11) is 0. The van der Waals surface area contributed by atoms with E-state index in [1.54, 1.807) is 0 Å². The molecule has 0 atom stereocenters. The fourth-order valence-corrected chi connectivity index (χ4v) is 1.24. The molecular formula is C12H23NO. The van der Waals surface area contributed by atoms with Crippen LogP contribution >= 0.6 is 0 Å². The van der Waals surface area contributed by atoms with Gasteiger partial charge in [-0.15, -0.1) is 6.58 Å². The average molecular weight is 197 g/mol. The zero-order valence-corrected chi connectivity index (χ0v) is 9.28. The smallest absolute Gasteiger partial charge is 0.0558 e. The molecule has 0 amide bonds. The highest BCUT2D eigenvalue weighted by Crippen LogP contribution is 1.97. The predicted molar refractivity (Wildman–Crippen MR) is 62.4 cm³/mol. The number of unbranched alkanes of at least 4 members (excludes halogenated alkanes) is 2. The Bertz CT molecular complexity index is 154. The average Bonchev–Trinajstić information content (AvgIpc) is 2.21. The molecule has 0 aliphatic rings.